The van der Waals surface area contributed by atoms with Crippen LogP contribution in [0, 0.1) is 6.92 Å². The number of aryl methyl sites for hydroxylation is 1. The van der Waals surface area contributed by atoms with Crippen LogP contribution >= 0.6 is 0 Å². The summed E-state index contributed by atoms with van der Waals surface area (Å²) in [4.78, 5) is 23.7. The molecule has 0 spiro atoms. The number of carbonyl (C=O) groups excluding carboxylic acids is 1. The number of carbonyl (C=O) groups is 1. The summed E-state index contributed by atoms with van der Waals surface area (Å²) in [6.45, 7) is 1.67. The fraction of sp³-hybridized carbons (Fsp3) is 0.200. The number of halogens is 3. The maximum atomic E-state index is 12.7. The first-order chi connectivity index (χ1) is 12.7. The van der Waals surface area contributed by atoms with Gasteiger partial charge in [-0.15, -0.1) is 0 Å². The van der Waals surface area contributed by atoms with Gasteiger partial charge in [-0.25, -0.2) is 4.79 Å². The van der Waals surface area contributed by atoms with Crippen LogP contribution in [0.2, 0.25) is 0 Å². The number of hydrogen-bond donors (Lipinski definition) is 0. The standard InChI is InChI=1S/C20H15F3O4/c1-12-5-6-16-14(10-19(25)27-17(16)7-12)11-26-18(24)9-13-3-2-4-15(8-13)20(21,22)23/h2-8,10H,9,11H2,1H3. The second kappa shape index (κ2) is 7.26. The Kier molecular flexibility index (Phi) is 5.03. The van der Waals surface area contributed by atoms with E-state index in [-0.39, 0.29) is 18.6 Å². The van der Waals surface area contributed by atoms with Crippen molar-refractivity contribution in [2.45, 2.75) is 26.1 Å². The summed E-state index contributed by atoms with van der Waals surface area (Å²) in [6, 6.07) is 11.0. The summed E-state index contributed by atoms with van der Waals surface area (Å²) in [7, 11) is 0. The molecule has 1 aromatic heterocycles. The molecule has 3 aromatic rings. The highest BCUT2D eigenvalue weighted by Gasteiger charge is 2.30. The van der Waals surface area contributed by atoms with E-state index in [1.807, 2.05) is 13.0 Å². The van der Waals surface area contributed by atoms with Crippen molar-refractivity contribution < 1.29 is 27.1 Å². The molecule has 0 aliphatic carbocycles. The van der Waals surface area contributed by atoms with Crippen LogP contribution in [0.5, 0.6) is 0 Å². The van der Waals surface area contributed by atoms with Gasteiger partial charge in [0.2, 0.25) is 0 Å². The molecule has 0 atom stereocenters. The Balaban J connectivity index is 1.73. The average Bonchev–Trinajstić information content (AvgIpc) is 2.58. The third-order valence-corrected chi connectivity index (χ3v) is 3.98. The average molecular weight is 376 g/mol. The molecule has 0 aliphatic heterocycles. The summed E-state index contributed by atoms with van der Waals surface area (Å²) in [5, 5.41) is 0.632. The molecule has 0 fully saturated rings. The van der Waals surface area contributed by atoms with Crippen LogP contribution in [0.1, 0.15) is 22.3 Å². The second-order valence-corrected chi connectivity index (χ2v) is 6.13. The lowest BCUT2D eigenvalue weighted by Crippen LogP contribution is -2.11. The summed E-state index contributed by atoms with van der Waals surface area (Å²) < 4.78 is 48.5. The number of ether oxygens (including phenoxy) is 1. The van der Waals surface area contributed by atoms with E-state index in [1.165, 1.54) is 18.2 Å². The Bertz CT molecular complexity index is 1050. The van der Waals surface area contributed by atoms with Gasteiger partial charge >= 0.3 is 17.8 Å². The van der Waals surface area contributed by atoms with Gasteiger partial charge in [-0.3, -0.25) is 4.79 Å². The number of hydrogen-bond acceptors (Lipinski definition) is 4. The zero-order valence-electron chi connectivity index (χ0n) is 14.3. The van der Waals surface area contributed by atoms with Gasteiger partial charge in [-0.1, -0.05) is 30.3 Å². The number of benzene rings is 2. The Labute approximate surface area is 152 Å². The van der Waals surface area contributed by atoms with E-state index in [0.29, 0.717) is 16.5 Å². The SMILES string of the molecule is Cc1ccc2c(COC(=O)Cc3cccc(C(F)(F)F)c3)cc(=O)oc2c1. The van der Waals surface area contributed by atoms with Crippen LogP contribution in [0.15, 0.2) is 57.7 Å². The van der Waals surface area contributed by atoms with E-state index < -0.39 is 23.3 Å². The summed E-state index contributed by atoms with van der Waals surface area (Å²) in [5.41, 5.74) is 0.559. The van der Waals surface area contributed by atoms with Crippen LogP contribution in [0.3, 0.4) is 0 Å². The lowest BCUT2D eigenvalue weighted by molar-refractivity contribution is -0.144. The van der Waals surface area contributed by atoms with Gasteiger partial charge in [-0.05, 0) is 30.2 Å². The molecule has 0 bridgehead atoms. The van der Waals surface area contributed by atoms with E-state index >= 15 is 0 Å². The molecule has 1 heterocycles. The molecule has 4 nitrogen and oxygen atoms in total. The highest BCUT2D eigenvalue weighted by molar-refractivity contribution is 5.81. The number of esters is 1. The van der Waals surface area contributed by atoms with E-state index in [9.17, 15) is 22.8 Å². The van der Waals surface area contributed by atoms with Crippen molar-refractivity contribution in [2.24, 2.45) is 0 Å². The van der Waals surface area contributed by atoms with Crippen molar-refractivity contribution in [2.75, 3.05) is 0 Å². The predicted molar refractivity (Wildman–Crippen MR) is 92.2 cm³/mol. The first kappa shape index (κ1) is 18.7. The Morgan fingerprint density at radius 1 is 1.11 bits per heavy atom. The van der Waals surface area contributed by atoms with Gasteiger partial charge in [0.25, 0.3) is 0 Å². The van der Waals surface area contributed by atoms with Crippen LogP contribution in [0.4, 0.5) is 13.2 Å². The van der Waals surface area contributed by atoms with Crippen molar-refractivity contribution >= 4 is 16.9 Å². The normalized spacial score (nSPS) is 11.6. The molecule has 0 amide bonds. The topological polar surface area (TPSA) is 56.5 Å². The summed E-state index contributed by atoms with van der Waals surface area (Å²) in [5.74, 6) is -0.692. The fourth-order valence-electron chi connectivity index (χ4n) is 2.69. The molecule has 0 radical (unpaired) electrons. The third-order valence-electron chi connectivity index (χ3n) is 3.98. The maximum Gasteiger partial charge on any atom is 0.416 e. The zero-order valence-corrected chi connectivity index (χ0v) is 14.3. The number of alkyl halides is 3. The molecule has 0 aliphatic rings. The highest BCUT2D eigenvalue weighted by atomic mass is 19.4. The molecular weight excluding hydrogens is 361 g/mol. The van der Waals surface area contributed by atoms with Crippen molar-refractivity contribution in [3.05, 3.63) is 81.2 Å². The minimum Gasteiger partial charge on any atom is -0.461 e. The number of rotatable bonds is 4. The molecule has 3 rings (SSSR count). The van der Waals surface area contributed by atoms with Gasteiger partial charge in [0.15, 0.2) is 0 Å². The molecule has 140 valence electrons. The van der Waals surface area contributed by atoms with E-state index in [4.69, 9.17) is 9.15 Å². The van der Waals surface area contributed by atoms with Crippen LogP contribution in [-0.2, 0) is 28.7 Å². The van der Waals surface area contributed by atoms with Crippen LogP contribution < -0.4 is 5.63 Å². The molecule has 0 saturated heterocycles. The first-order valence-corrected chi connectivity index (χ1v) is 8.07. The smallest absolute Gasteiger partial charge is 0.416 e. The minimum absolute atomic E-state index is 0.178. The van der Waals surface area contributed by atoms with Crippen molar-refractivity contribution in [3.63, 3.8) is 0 Å². The van der Waals surface area contributed by atoms with Gasteiger partial charge in [0.1, 0.15) is 12.2 Å². The fourth-order valence-corrected chi connectivity index (χ4v) is 2.69. The quantitative estimate of drug-likeness (QED) is 0.500. The van der Waals surface area contributed by atoms with E-state index in [0.717, 1.165) is 17.7 Å². The van der Waals surface area contributed by atoms with Gasteiger partial charge in [-0.2, -0.15) is 13.2 Å². The van der Waals surface area contributed by atoms with Crippen molar-refractivity contribution in [1.82, 2.24) is 0 Å². The molecule has 2 aromatic carbocycles. The molecular formula is C20H15F3O4. The van der Waals surface area contributed by atoms with Gasteiger partial charge in [0, 0.05) is 17.0 Å². The van der Waals surface area contributed by atoms with Gasteiger partial charge < -0.3 is 9.15 Å². The minimum atomic E-state index is -4.48. The van der Waals surface area contributed by atoms with Crippen molar-refractivity contribution in [1.29, 1.82) is 0 Å². The van der Waals surface area contributed by atoms with Crippen molar-refractivity contribution in [3.8, 4) is 0 Å². The van der Waals surface area contributed by atoms with Crippen LogP contribution in [-0.4, -0.2) is 5.97 Å². The molecule has 0 unspecified atom stereocenters. The Hall–Kier alpha value is -3.09. The second-order valence-electron chi connectivity index (χ2n) is 6.13. The Morgan fingerprint density at radius 3 is 2.63 bits per heavy atom. The highest BCUT2D eigenvalue weighted by Crippen LogP contribution is 2.29. The molecule has 0 saturated carbocycles. The molecule has 0 N–H and O–H groups in total. The zero-order chi connectivity index (χ0) is 19.6. The summed E-state index contributed by atoms with van der Waals surface area (Å²) in [6.07, 6.45) is -4.78. The Morgan fingerprint density at radius 2 is 1.89 bits per heavy atom. The van der Waals surface area contributed by atoms with E-state index in [2.05, 4.69) is 0 Å². The monoisotopic (exact) mass is 376 g/mol. The summed E-state index contributed by atoms with van der Waals surface area (Å²) >= 11 is 0. The van der Waals surface area contributed by atoms with Gasteiger partial charge in [0.05, 0.1) is 12.0 Å². The molecule has 27 heavy (non-hydrogen) atoms. The maximum absolute atomic E-state index is 12.7. The third kappa shape index (κ3) is 4.55. The van der Waals surface area contributed by atoms with Crippen LogP contribution in [0.25, 0.3) is 11.0 Å². The first-order valence-electron chi connectivity index (χ1n) is 8.07. The predicted octanol–water partition coefficient (Wildman–Crippen LogP) is 4.41. The molecule has 7 heteroatoms. The largest absolute Gasteiger partial charge is 0.461 e. The number of fused-ring (bicyclic) bond motifs is 1. The lowest BCUT2D eigenvalue weighted by Gasteiger charge is -2.10. The van der Waals surface area contributed by atoms with E-state index in [1.54, 1.807) is 12.1 Å². The lowest BCUT2D eigenvalue weighted by atomic mass is 10.1.